The molecule has 6 heteroatoms. The zero-order valence-corrected chi connectivity index (χ0v) is 26.4. The van der Waals surface area contributed by atoms with Gasteiger partial charge in [-0.05, 0) is 97.7 Å². The van der Waals surface area contributed by atoms with Gasteiger partial charge in [-0.2, -0.15) is 0 Å². The lowest BCUT2D eigenvalue weighted by Crippen LogP contribution is -2.65. The summed E-state index contributed by atoms with van der Waals surface area (Å²) in [7, 11) is 1.35. The lowest BCUT2D eigenvalue weighted by Gasteiger charge is -2.71. The minimum atomic E-state index is -0.245. The molecule has 1 N–H and O–H groups in total. The fourth-order valence-electron chi connectivity index (χ4n) is 10.6. The molecule has 8 unspecified atom stereocenters. The molecule has 0 aromatic heterocycles. The number of carbonyl (C=O) groups excluding carboxylic acids is 3. The summed E-state index contributed by atoms with van der Waals surface area (Å²) < 4.78 is 9.78. The van der Waals surface area contributed by atoms with Gasteiger partial charge in [0.25, 0.3) is 0 Å². The Morgan fingerprint density at radius 2 is 1.57 bits per heavy atom. The van der Waals surface area contributed by atoms with E-state index in [4.69, 9.17) is 9.84 Å². The smallest absolute Gasteiger partial charge is 0.302 e. The highest BCUT2D eigenvalue weighted by Gasteiger charge is 2.68. The second-order valence-corrected chi connectivity index (χ2v) is 14.3. The normalized spacial score (nSPS) is 43.1. The molecule has 228 valence electrons. The van der Waals surface area contributed by atoms with Crippen molar-refractivity contribution in [2.75, 3.05) is 20.3 Å². The minimum absolute atomic E-state index is 0.0833. The van der Waals surface area contributed by atoms with Gasteiger partial charge in [0.2, 0.25) is 0 Å². The van der Waals surface area contributed by atoms with Crippen molar-refractivity contribution in [2.24, 2.45) is 51.2 Å². The number of fused-ring (bicyclic) bond motifs is 7. The molecule has 6 nitrogen and oxygen atoms in total. The van der Waals surface area contributed by atoms with E-state index in [9.17, 15) is 14.4 Å². The first-order valence-corrected chi connectivity index (χ1v) is 15.7. The van der Waals surface area contributed by atoms with Crippen molar-refractivity contribution in [3.8, 4) is 0 Å². The molecule has 5 aliphatic rings. The van der Waals surface area contributed by atoms with Gasteiger partial charge in [0.15, 0.2) is 0 Å². The van der Waals surface area contributed by atoms with Crippen molar-refractivity contribution in [2.45, 2.75) is 112 Å². The standard InChI is InChI=1S/C28H44O3.C3H6O2.C3H6O/c1-18-20-10-14-27(5)24(25(20,3)13-11-23(18)30)9-8-21-22-7-6-12-28(22,17-31-19(2)29)16-15-26(21,27)4;1-3(4)5-2;1-2-3-4/h18,20-22,24H,6-17H2,1-5H3;1-2H3;2,4H,1,3H2/t18?,20?,21?,22?,24?,25?,26-,27?,28?;;/m1../s1. The highest BCUT2D eigenvalue weighted by atomic mass is 16.5. The molecule has 5 aliphatic carbocycles. The third kappa shape index (κ3) is 5.68. The Kier molecular flexibility index (Phi) is 10.4. The number of ether oxygens (including phenoxy) is 2. The molecular formula is C34H56O6. The lowest BCUT2D eigenvalue weighted by molar-refractivity contribution is -0.228. The molecule has 5 fully saturated rings. The fourth-order valence-corrected chi connectivity index (χ4v) is 10.6. The molecule has 0 spiro atoms. The molecule has 0 saturated heterocycles. The highest BCUT2D eigenvalue weighted by Crippen LogP contribution is 2.75. The molecular weight excluding hydrogens is 504 g/mol. The zero-order chi connectivity index (χ0) is 29.9. The monoisotopic (exact) mass is 560 g/mol. The third-order valence-electron chi connectivity index (χ3n) is 12.9. The Bertz CT molecular complexity index is 945. The molecule has 0 aromatic carbocycles. The van der Waals surface area contributed by atoms with E-state index in [2.05, 4.69) is 39.0 Å². The van der Waals surface area contributed by atoms with Crippen molar-refractivity contribution in [3.63, 3.8) is 0 Å². The maximum atomic E-state index is 12.6. The molecule has 0 aliphatic heterocycles. The van der Waals surface area contributed by atoms with E-state index in [-0.39, 0.29) is 29.9 Å². The topological polar surface area (TPSA) is 89.9 Å². The highest BCUT2D eigenvalue weighted by molar-refractivity contribution is 5.82. The second kappa shape index (κ2) is 12.7. The molecule has 40 heavy (non-hydrogen) atoms. The van der Waals surface area contributed by atoms with E-state index < -0.39 is 0 Å². The quantitative estimate of drug-likeness (QED) is 0.297. The SMILES string of the molecule is C=CCO.CC(=O)OCC12CCCC1C1CCC3C4(C)CCC(=O)C(C)C4CCC3(C)[C@]1(C)CC2.COC(C)=O. The molecule has 0 radical (unpaired) electrons. The van der Waals surface area contributed by atoms with Crippen LogP contribution in [0.4, 0.5) is 0 Å². The number of hydrogen-bond donors (Lipinski definition) is 1. The number of Topliss-reactive ketones (excluding diaryl/α,β-unsaturated/α-hetero) is 1. The summed E-state index contributed by atoms with van der Waals surface area (Å²) in [6.45, 7) is 17.0. The van der Waals surface area contributed by atoms with Crippen LogP contribution in [0.25, 0.3) is 0 Å². The van der Waals surface area contributed by atoms with Crippen molar-refractivity contribution >= 4 is 17.7 Å². The summed E-state index contributed by atoms with van der Waals surface area (Å²) in [4.78, 5) is 33.8. The Labute approximate surface area is 243 Å². The van der Waals surface area contributed by atoms with Crippen LogP contribution in [0, 0.1) is 51.2 Å². The van der Waals surface area contributed by atoms with E-state index >= 15 is 0 Å². The Balaban J connectivity index is 0.000000429. The Morgan fingerprint density at radius 1 is 0.925 bits per heavy atom. The molecule has 0 bridgehead atoms. The first-order chi connectivity index (χ1) is 18.8. The number of aliphatic hydroxyl groups excluding tert-OH is 1. The summed E-state index contributed by atoms with van der Waals surface area (Å²) in [5.41, 5.74) is 1.32. The molecule has 5 saturated carbocycles. The van der Waals surface area contributed by atoms with Gasteiger partial charge in [0, 0.05) is 31.6 Å². The number of esters is 2. The van der Waals surface area contributed by atoms with Crippen LogP contribution in [-0.4, -0.2) is 43.2 Å². The summed E-state index contributed by atoms with van der Waals surface area (Å²) in [5, 5.41) is 7.76. The molecule has 9 atom stereocenters. The van der Waals surface area contributed by atoms with E-state index in [1.165, 1.54) is 77.9 Å². The lowest BCUT2D eigenvalue weighted by atomic mass is 9.33. The predicted molar refractivity (Wildman–Crippen MR) is 157 cm³/mol. The molecule has 0 aromatic rings. The maximum Gasteiger partial charge on any atom is 0.302 e. The second-order valence-electron chi connectivity index (χ2n) is 14.3. The van der Waals surface area contributed by atoms with Crippen LogP contribution in [0.2, 0.25) is 0 Å². The summed E-state index contributed by atoms with van der Waals surface area (Å²) in [6, 6.07) is 0. The number of hydrogen-bond acceptors (Lipinski definition) is 6. The van der Waals surface area contributed by atoms with Gasteiger partial charge in [-0.3, -0.25) is 14.4 Å². The van der Waals surface area contributed by atoms with E-state index in [1.54, 1.807) is 6.92 Å². The van der Waals surface area contributed by atoms with Crippen LogP contribution in [-0.2, 0) is 23.9 Å². The number of methoxy groups -OCH3 is 1. The van der Waals surface area contributed by atoms with E-state index in [1.807, 2.05) is 0 Å². The minimum Gasteiger partial charge on any atom is -0.469 e. The molecule has 5 rings (SSSR count). The summed E-state index contributed by atoms with van der Waals surface area (Å²) in [6.07, 6.45) is 15.0. The largest absolute Gasteiger partial charge is 0.469 e. The van der Waals surface area contributed by atoms with Gasteiger partial charge < -0.3 is 14.6 Å². The van der Waals surface area contributed by atoms with Crippen LogP contribution in [0.5, 0.6) is 0 Å². The first-order valence-electron chi connectivity index (χ1n) is 15.7. The molecule has 0 heterocycles. The van der Waals surface area contributed by atoms with E-state index in [0.29, 0.717) is 34.6 Å². The third-order valence-corrected chi connectivity index (χ3v) is 12.9. The van der Waals surface area contributed by atoms with Crippen LogP contribution < -0.4 is 0 Å². The van der Waals surface area contributed by atoms with Crippen molar-refractivity contribution < 1.29 is 29.0 Å². The van der Waals surface area contributed by atoms with Gasteiger partial charge in [-0.15, -0.1) is 6.58 Å². The van der Waals surface area contributed by atoms with Crippen molar-refractivity contribution in [1.29, 1.82) is 0 Å². The summed E-state index contributed by atoms with van der Waals surface area (Å²) in [5.74, 6) is 3.24. The van der Waals surface area contributed by atoms with Crippen molar-refractivity contribution in [3.05, 3.63) is 12.7 Å². The van der Waals surface area contributed by atoms with Gasteiger partial charge in [0.05, 0.1) is 20.3 Å². The summed E-state index contributed by atoms with van der Waals surface area (Å²) >= 11 is 0. The number of rotatable bonds is 3. The van der Waals surface area contributed by atoms with Gasteiger partial charge in [-0.25, -0.2) is 0 Å². The number of ketones is 1. The maximum absolute atomic E-state index is 12.6. The Morgan fingerprint density at radius 3 is 2.15 bits per heavy atom. The average Bonchev–Trinajstić information content (AvgIpc) is 3.35. The van der Waals surface area contributed by atoms with Crippen LogP contribution in [0.1, 0.15) is 112 Å². The van der Waals surface area contributed by atoms with Crippen LogP contribution >= 0.6 is 0 Å². The van der Waals surface area contributed by atoms with Crippen LogP contribution in [0.15, 0.2) is 12.7 Å². The number of carbonyl (C=O) groups is 3. The van der Waals surface area contributed by atoms with Crippen LogP contribution in [0.3, 0.4) is 0 Å². The molecule has 0 amide bonds. The fraction of sp³-hybridized carbons (Fsp3) is 0.853. The van der Waals surface area contributed by atoms with Gasteiger partial charge in [0.1, 0.15) is 5.78 Å². The van der Waals surface area contributed by atoms with Gasteiger partial charge in [-0.1, -0.05) is 40.2 Å². The Hall–Kier alpha value is -1.69. The van der Waals surface area contributed by atoms with Crippen molar-refractivity contribution in [1.82, 2.24) is 0 Å². The van der Waals surface area contributed by atoms with E-state index in [0.717, 1.165) is 30.6 Å². The number of aliphatic hydroxyl groups is 1. The van der Waals surface area contributed by atoms with Gasteiger partial charge >= 0.3 is 11.9 Å². The first kappa shape index (κ1) is 32.8. The zero-order valence-electron chi connectivity index (χ0n) is 26.4. The predicted octanol–water partition coefficient (Wildman–Crippen LogP) is 6.93. The average molecular weight is 561 g/mol.